The van der Waals surface area contributed by atoms with E-state index in [1.165, 1.54) is 0 Å². The van der Waals surface area contributed by atoms with Crippen LogP contribution in [-0.4, -0.2) is 29.8 Å². The highest BCUT2D eigenvalue weighted by Gasteiger charge is 2.33. The zero-order valence-corrected chi connectivity index (χ0v) is 12.4. The van der Waals surface area contributed by atoms with E-state index in [1.54, 1.807) is 7.11 Å². The van der Waals surface area contributed by atoms with E-state index >= 15 is 0 Å². The summed E-state index contributed by atoms with van der Waals surface area (Å²) in [5, 5.41) is 10.1. The molecular formula is C17H20N2O2. The van der Waals surface area contributed by atoms with Crippen molar-refractivity contribution in [1.82, 2.24) is 4.98 Å². The van der Waals surface area contributed by atoms with E-state index in [4.69, 9.17) is 4.74 Å². The maximum Gasteiger partial charge on any atom is 0.129 e. The molecule has 0 bridgehead atoms. The van der Waals surface area contributed by atoms with Gasteiger partial charge >= 0.3 is 0 Å². The van der Waals surface area contributed by atoms with E-state index in [9.17, 15) is 5.11 Å². The Bertz CT molecular complexity index is 630. The third-order valence-electron chi connectivity index (χ3n) is 3.93. The largest absolute Gasteiger partial charge is 0.497 e. The summed E-state index contributed by atoms with van der Waals surface area (Å²) in [6.07, 6.45) is 0.381. The zero-order chi connectivity index (χ0) is 14.8. The minimum atomic E-state index is -0.330. The van der Waals surface area contributed by atoms with Crippen LogP contribution in [0.3, 0.4) is 0 Å². The first-order chi connectivity index (χ1) is 10.2. The van der Waals surface area contributed by atoms with Crippen molar-refractivity contribution in [1.29, 1.82) is 0 Å². The monoisotopic (exact) mass is 284 g/mol. The number of aliphatic hydroxyl groups excluding tert-OH is 1. The summed E-state index contributed by atoms with van der Waals surface area (Å²) >= 11 is 0. The number of nitrogens with zero attached hydrogens (tertiary/aromatic N) is 2. The van der Waals surface area contributed by atoms with Crippen LogP contribution in [0.4, 0.5) is 5.82 Å². The summed E-state index contributed by atoms with van der Waals surface area (Å²) in [6.45, 7) is 2.59. The number of benzene rings is 1. The molecule has 0 radical (unpaired) electrons. The Labute approximate surface area is 125 Å². The van der Waals surface area contributed by atoms with Gasteiger partial charge < -0.3 is 14.7 Å². The van der Waals surface area contributed by atoms with Gasteiger partial charge in [0.05, 0.1) is 19.3 Å². The molecule has 21 heavy (non-hydrogen) atoms. The van der Waals surface area contributed by atoms with Gasteiger partial charge in [-0.2, -0.15) is 0 Å². The summed E-state index contributed by atoms with van der Waals surface area (Å²) < 4.78 is 5.30. The molecule has 1 aliphatic heterocycles. The lowest BCUT2D eigenvalue weighted by Crippen LogP contribution is -2.25. The van der Waals surface area contributed by atoms with Crippen molar-refractivity contribution in [3.05, 3.63) is 53.7 Å². The number of aliphatic hydroxyl groups is 1. The maximum atomic E-state index is 10.1. The third kappa shape index (κ3) is 2.85. The van der Waals surface area contributed by atoms with Crippen LogP contribution in [0.25, 0.3) is 0 Å². The number of hydrogen-bond acceptors (Lipinski definition) is 4. The molecule has 0 saturated carbocycles. The molecule has 1 aliphatic rings. The molecule has 1 fully saturated rings. The summed E-state index contributed by atoms with van der Waals surface area (Å²) in [6, 6.07) is 14.1. The van der Waals surface area contributed by atoms with Gasteiger partial charge in [-0.3, -0.25) is 0 Å². The lowest BCUT2D eigenvalue weighted by molar-refractivity contribution is 0.194. The normalized spacial score (nSPS) is 21.6. The molecule has 1 saturated heterocycles. The highest BCUT2D eigenvalue weighted by molar-refractivity contribution is 5.46. The number of aryl methyl sites for hydroxylation is 1. The van der Waals surface area contributed by atoms with Crippen LogP contribution in [0, 0.1) is 6.92 Å². The van der Waals surface area contributed by atoms with Crippen molar-refractivity contribution in [2.45, 2.75) is 25.5 Å². The van der Waals surface area contributed by atoms with Gasteiger partial charge in [0.1, 0.15) is 11.6 Å². The third-order valence-corrected chi connectivity index (χ3v) is 3.93. The molecule has 2 atom stereocenters. The first kappa shape index (κ1) is 13.9. The number of rotatable bonds is 3. The molecule has 110 valence electrons. The van der Waals surface area contributed by atoms with Gasteiger partial charge in [0, 0.05) is 12.2 Å². The topological polar surface area (TPSA) is 45.6 Å². The first-order valence-corrected chi connectivity index (χ1v) is 7.19. The zero-order valence-electron chi connectivity index (χ0n) is 12.4. The van der Waals surface area contributed by atoms with E-state index < -0.39 is 0 Å². The average molecular weight is 284 g/mol. The lowest BCUT2D eigenvalue weighted by atomic mass is 10.0. The Morgan fingerprint density at radius 3 is 2.81 bits per heavy atom. The minimum absolute atomic E-state index is 0.129. The van der Waals surface area contributed by atoms with Crippen LogP contribution in [0.2, 0.25) is 0 Å². The van der Waals surface area contributed by atoms with Crippen molar-refractivity contribution in [2.75, 3.05) is 18.6 Å². The van der Waals surface area contributed by atoms with Gasteiger partial charge in [-0.1, -0.05) is 18.2 Å². The van der Waals surface area contributed by atoms with Crippen molar-refractivity contribution >= 4 is 5.82 Å². The van der Waals surface area contributed by atoms with E-state index in [0.29, 0.717) is 13.0 Å². The van der Waals surface area contributed by atoms with Crippen LogP contribution in [-0.2, 0) is 0 Å². The van der Waals surface area contributed by atoms with Gasteiger partial charge in [-0.25, -0.2) is 4.98 Å². The summed E-state index contributed by atoms with van der Waals surface area (Å²) in [4.78, 5) is 6.76. The lowest BCUT2D eigenvalue weighted by Gasteiger charge is -2.26. The van der Waals surface area contributed by atoms with Crippen LogP contribution in [0.15, 0.2) is 42.5 Å². The van der Waals surface area contributed by atoms with E-state index in [1.807, 2.05) is 43.3 Å². The predicted molar refractivity (Wildman–Crippen MR) is 82.7 cm³/mol. The second-order valence-corrected chi connectivity index (χ2v) is 5.47. The fourth-order valence-corrected chi connectivity index (χ4v) is 2.92. The van der Waals surface area contributed by atoms with E-state index in [2.05, 4.69) is 16.0 Å². The quantitative estimate of drug-likeness (QED) is 0.941. The van der Waals surface area contributed by atoms with Crippen LogP contribution in [0.5, 0.6) is 5.75 Å². The van der Waals surface area contributed by atoms with Gasteiger partial charge in [0.25, 0.3) is 0 Å². The highest BCUT2D eigenvalue weighted by atomic mass is 16.5. The van der Waals surface area contributed by atoms with Gasteiger partial charge in [-0.15, -0.1) is 0 Å². The van der Waals surface area contributed by atoms with E-state index in [-0.39, 0.29) is 12.1 Å². The molecule has 1 aromatic heterocycles. The Morgan fingerprint density at radius 1 is 1.24 bits per heavy atom. The number of ether oxygens (including phenoxy) is 1. The van der Waals surface area contributed by atoms with Crippen molar-refractivity contribution in [2.24, 2.45) is 0 Å². The molecule has 0 unspecified atom stereocenters. The fourth-order valence-electron chi connectivity index (χ4n) is 2.92. The second kappa shape index (κ2) is 5.74. The van der Waals surface area contributed by atoms with Gasteiger partial charge in [-0.05, 0) is 43.2 Å². The highest BCUT2D eigenvalue weighted by Crippen LogP contribution is 2.36. The molecule has 0 amide bonds. The Balaban J connectivity index is 1.95. The molecule has 2 aromatic rings. The molecular weight excluding hydrogens is 264 g/mol. The maximum absolute atomic E-state index is 10.1. The predicted octanol–water partition coefficient (Wildman–Crippen LogP) is 2.71. The standard InChI is InChI=1S/C17H20N2O2/c1-12-5-3-8-17(18-12)19-11-14(20)10-16(19)13-6-4-7-15(9-13)21-2/h3-9,14,16,20H,10-11H2,1-2H3/t14-,16+/m1/s1. The number of β-amino-alcohol motifs (C(OH)–C–C–N with tert-alkyl or cyclic N) is 1. The van der Waals surface area contributed by atoms with Crippen LogP contribution < -0.4 is 9.64 Å². The molecule has 2 heterocycles. The molecule has 0 spiro atoms. The minimum Gasteiger partial charge on any atom is -0.497 e. The molecule has 4 heteroatoms. The fraction of sp³-hybridized carbons (Fsp3) is 0.353. The van der Waals surface area contributed by atoms with Crippen molar-refractivity contribution in [3.8, 4) is 5.75 Å². The SMILES string of the molecule is COc1cccc([C@@H]2C[C@@H](O)CN2c2cccc(C)n2)c1. The average Bonchev–Trinajstić information content (AvgIpc) is 2.89. The Kier molecular flexibility index (Phi) is 3.80. The molecule has 1 aromatic carbocycles. The van der Waals surface area contributed by atoms with Crippen molar-refractivity contribution < 1.29 is 9.84 Å². The smallest absolute Gasteiger partial charge is 0.129 e. The van der Waals surface area contributed by atoms with Crippen molar-refractivity contribution in [3.63, 3.8) is 0 Å². The van der Waals surface area contributed by atoms with Gasteiger partial charge in [0.2, 0.25) is 0 Å². The molecule has 4 nitrogen and oxygen atoms in total. The van der Waals surface area contributed by atoms with Gasteiger partial charge in [0.15, 0.2) is 0 Å². The second-order valence-electron chi connectivity index (χ2n) is 5.47. The van der Waals surface area contributed by atoms with Crippen LogP contribution >= 0.6 is 0 Å². The molecule has 0 aliphatic carbocycles. The number of aromatic nitrogens is 1. The summed E-state index contributed by atoms with van der Waals surface area (Å²) in [7, 11) is 1.67. The summed E-state index contributed by atoms with van der Waals surface area (Å²) in [5.41, 5.74) is 2.13. The van der Waals surface area contributed by atoms with E-state index in [0.717, 1.165) is 22.8 Å². The number of methoxy groups -OCH3 is 1. The first-order valence-electron chi connectivity index (χ1n) is 7.19. The Morgan fingerprint density at radius 2 is 2.05 bits per heavy atom. The molecule has 1 N–H and O–H groups in total. The van der Waals surface area contributed by atoms with Crippen LogP contribution in [0.1, 0.15) is 23.7 Å². The number of anilines is 1. The molecule has 3 rings (SSSR count). The number of pyridine rings is 1. The number of hydrogen-bond donors (Lipinski definition) is 1. The Hall–Kier alpha value is -2.07. The summed E-state index contributed by atoms with van der Waals surface area (Å²) in [5.74, 6) is 1.76.